The van der Waals surface area contributed by atoms with Crippen molar-refractivity contribution in [1.82, 2.24) is 10.9 Å². The van der Waals surface area contributed by atoms with Crippen molar-refractivity contribution in [3.8, 4) is 0 Å². The largest absolute Gasteiger partial charge is 0.449 e. The minimum absolute atomic E-state index is 0.241. The van der Waals surface area contributed by atoms with E-state index < -0.39 is 12.1 Å². The topological polar surface area (TPSA) is 79.5 Å². The highest BCUT2D eigenvalue weighted by molar-refractivity contribution is 7.98. The van der Waals surface area contributed by atoms with Gasteiger partial charge < -0.3 is 10.1 Å². The number of carbonyl (C=O) groups excluding carboxylic acids is 2. The first-order valence-corrected chi connectivity index (χ1v) is 6.52. The molecule has 0 atom stereocenters. The van der Waals surface area contributed by atoms with Gasteiger partial charge in [0.15, 0.2) is 0 Å². The van der Waals surface area contributed by atoms with E-state index in [4.69, 9.17) is 0 Å². The van der Waals surface area contributed by atoms with Crippen LogP contribution in [0.15, 0.2) is 29.2 Å². The van der Waals surface area contributed by atoms with Crippen LogP contribution in [0.25, 0.3) is 0 Å². The molecule has 0 heterocycles. The first kappa shape index (κ1) is 14.2. The Balaban J connectivity index is 2.37. The van der Waals surface area contributed by atoms with Crippen LogP contribution in [0.1, 0.15) is 6.92 Å². The van der Waals surface area contributed by atoms with E-state index in [1.807, 2.05) is 18.4 Å². The highest BCUT2D eigenvalue weighted by Gasteiger charge is 2.04. The van der Waals surface area contributed by atoms with Gasteiger partial charge in [0, 0.05) is 10.6 Å². The maximum Gasteiger partial charge on any atom is 0.426 e. The van der Waals surface area contributed by atoms with Crippen LogP contribution < -0.4 is 16.2 Å². The lowest BCUT2D eigenvalue weighted by atomic mass is 10.3. The van der Waals surface area contributed by atoms with E-state index in [0.717, 1.165) is 4.90 Å². The Morgan fingerprint density at radius 1 is 1.22 bits per heavy atom. The number of benzene rings is 1. The first-order valence-electron chi connectivity index (χ1n) is 5.29. The van der Waals surface area contributed by atoms with E-state index in [1.165, 1.54) is 0 Å². The summed E-state index contributed by atoms with van der Waals surface area (Å²) in [5.74, 6) is 0. The number of anilines is 1. The third kappa shape index (κ3) is 4.96. The molecule has 6 nitrogen and oxygen atoms in total. The lowest BCUT2D eigenvalue weighted by molar-refractivity contribution is 0.148. The van der Waals surface area contributed by atoms with Gasteiger partial charge in [0.1, 0.15) is 0 Å². The van der Waals surface area contributed by atoms with E-state index in [1.54, 1.807) is 30.8 Å². The van der Waals surface area contributed by atoms with Gasteiger partial charge in [-0.15, -0.1) is 11.8 Å². The normalized spacial score (nSPS) is 9.44. The van der Waals surface area contributed by atoms with Crippen LogP contribution in [-0.2, 0) is 4.74 Å². The molecule has 0 bridgehead atoms. The first-order chi connectivity index (χ1) is 8.65. The highest BCUT2D eigenvalue weighted by Crippen LogP contribution is 2.17. The van der Waals surface area contributed by atoms with Crippen molar-refractivity contribution in [1.29, 1.82) is 0 Å². The van der Waals surface area contributed by atoms with Crippen molar-refractivity contribution in [3.63, 3.8) is 0 Å². The van der Waals surface area contributed by atoms with Crippen LogP contribution >= 0.6 is 11.8 Å². The van der Waals surface area contributed by atoms with E-state index in [0.29, 0.717) is 5.69 Å². The van der Waals surface area contributed by atoms with Crippen molar-refractivity contribution >= 4 is 29.6 Å². The van der Waals surface area contributed by atoms with E-state index in [-0.39, 0.29) is 6.61 Å². The van der Waals surface area contributed by atoms with Crippen molar-refractivity contribution < 1.29 is 14.3 Å². The minimum Gasteiger partial charge on any atom is -0.449 e. The maximum atomic E-state index is 11.4. The Kier molecular flexibility index (Phi) is 5.86. The van der Waals surface area contributed by atoms with Gasteiger partial charge in [0.2, 0.25) is 0 Å². The van der Waals surface area contributed by atoms with Crippen molar-refractivity contribution in [2.45, 2.75) is 11.8 Å². The van der Waals surface area contributed by atoms with Crippen LogP contribution in [0.5, 0.6) is 0 Å². The molecular weight excluding hydrogens is 254 g/mol. The van der Waals surface area contributed by atoms with Crippen molar-refractivity contribution in [2.75, 3.05) is 18.2 Å². The average Bonchev–Trinajstić information content (AvgIpc) is 2.38. The minimum atomic E-state index is -0.703. The van der Waals surface area contributed by atoms with Gasteiger partial charge in [0.05, 0.1) is 6.61 Å². The Hall–Kier alpha value is -1.89. The second kappa shape index (κ2) is 7.44. The van der Waals surface area contributed by atoms with E-state index in [9.17, 15) is 9.59 Å². The third-order valence-corrected chi connectivity index (χ3v) is 2.64. The summed E-state index contributed by atoms with van der Waals surface area (Å²) in [6, 6.07) is 6.78. The number of carbonyl (C=O) groups is 2. The maximum absolute atomic E-state index is 11.4. The molecule has 0 aliphatic carbocycles. The molecule has 0 aliphatic rings. The third-order valence-electron chi connectivity index (χ3n) is 1.90. The molecule has 18 heavy (non-hydrogen) atoms. The molecule has 0 saturated carbocycles. The number of amides is 3. The Morgan fingerprint density at radius 3 is 2.44 bits per heavy atom. The zero-order chi connectivity index (χ0) is 13.4. The summed E-state index contributed by atoms with van der Waals surface area (Å²) in [7, 11) is 0. The van der Waals surface area contributed by atoms with Gasteiger partial charge in [-0.2, -0.15) is 0 Å². The zero-order valence-electron chi connectivity index (χ0n) is 10.1. The monoisotopic (exact) mass is 269 g/mol. The molecule has 0 aliphatic heterocycles. The van der Waals surface area contributed by atoms with Crippen LogP contribution in [0, 0.1) is 0 Å². The fourth-order valence-corrected chi connectivity index (χ4v) is 1.52. The lowest BCUT2D eigenvalue weighted by Crippen LogP contribution is -2.44. The summed E-state index contributed by atoms with van der Waals surface area (Å²) in [6.07, 6.45) is 1.27. The molecule has 1 aromatic carbocycles. The molecule has 0 aromatic heterocycles. The van der Waals surface area contributed by atoms with Crippen LogP contribution in [0.4, 0.5) is 15.3 Å². The molecule has 1 rings (SSSR count). The summed E-state index contributed by atoms with van der Waals surface area (Å²) in [4.78, 5) is 23.4. The van der Waals surface area contributed by atoms with Gasteiger partial charge >= 0.3 is 12.1 Å². The fourth-order valence-electron chi connectivity index (χ4n) is 1.11. The quantitative estimate of drug-likeness (QED) is 0.580. The summed E-state index contributed by atoms with van der Waals surface area (Å²) in [6.45, 7) is 1.91. The zero-order valence-corrected chi connectivity index (χ0v) is 11.0. The Morgan fingerprint density at radius 2 is 1.89 bits per heavy atom. The summed E-state index contributed by atoms with van der Waals surface area (Å²) < 4.78 is 4.58. The van der Waals surface area contributed by atoms with E-state index in [2.05, 4.69) is 20.9 Å². The van der Waals surface area contributed by atoms with Crippen molar-refractivity contribution in [2.24, 2.45) is 0 Å². The number of urea groups is 1. The molecule has 7 heteroatoms. The van der Waals surface area contributed by atoms with Gasteiger partial charge in [0.25, 0.3) is 0 Å². The summed E-state index contributed by atoms with van der Waals surface area (Å²) >= 11 is 1.61. The molecular formula is C11H15N3O3S. The Labute approximate surface area is 109 Å². The molecule has 0 radical (unpaired) electrons. The lowest BCUT2D eigenvalue weighted by Gasteiger charge is -2.08. The number of hydrogen-bond donors (Lipinski definition) is 3. The number of ether oxygens (including phenoxy) is 1. The van der Waals surface area contributed by atoms with Crippen LogP contribution in [0.3, 0.4) is 0 Å². The second-order valence-electron chi connectivity index (χ2n) is 3.15. The number of thioether (sulfide) groups is 1. The molecule has 98 valence electrons. The van der Waals surface area contributed by atoms with Gasteiger partial charge in [-0.05, 0) is 37.4 Å². The van der Waals surface area contributed by atoms with Gasteiger partial charge in [-0.3, -0.25) is 0 Å². The highest BCUT2D eigenvalue weighted by atomic mass is 32.2. The van der Waals surface area contributed by atoms with E-state index >= 15 is 0 Å². The smallest absolute Gasteiger partial charge is 0.426 e. The number of hydrazine groups is 1. The van der Waals surface area contributed by atoms with Gasteiger partial charge in [-0.1, -0.05) is 0 Å². The number of rotatable bonds is 3. The number of nitrogens with one attached hydrogen (secondary N) is 3. The molecule has 3 N–H and O–H groups in total. The van der Waals surface area contributed by atoms with Crippen LogP contribution in [0.2, 0.25) is 0 Å². The predicted molar refractivity (Wildman–Crippen MR) is 70.5 cm³/mol. The van der Waals surface area contributed by atoms with Crippen LogP contribution in [-0.4, -0.2) is 25.0 Å². The molecule has 0 fully saturated rings. The molecule has 0 unspecified atom stereocenters. The average molecular weight is 269 g/mol. The standard InChI is InChI=1S/C11H15N3O3S/c1-3-17-11(16)14-13-10(15)12-8-4-6-9(18-2)7-5-8/h4-7H,3H2,1-2H3,(H,14,16)(H2,12,13,15). The summed E-state index contributed by atoms with van der Waals surface area (Å²) in [5.41, 5.74) is 4.90. The Bertz CT molecular complexity index is 408. The summed E-state index contributed by atoms with van der Waals surface area (Å²) in [5, 5.41) is 2.56. The SMILES string of the molecule is CCOC(=O)NNC(=O)Nc1ccc(SC)cc1. The van der Waals surface area contributed by atoms with Gasteiger partial charge in [-0.25, -0.2) is 20.4 Å². The second-order valence-corrected chi connectivity index (χ2v) is 4.03. The fraction of sp³-hybridized carbons (Fsp3) is 0.273. The number of hydrogen-bond acceptors (Lipinski definition) is 4. The molecule has 1 aromatic rings. The molecule has 3 amide bonds. The molecule has 0 spiro atoms. The molecule has 0 saturated heterocycles. The van der Waals surface area contributed by atoms with Crippen molar-refractivity contribution in [3.05, 3.63) is 24.3 Å². The predicted octanol–water partition coefficient (Wildman–Crippen LogP) is 2.19.